The summed E-state index contributed by atoms with van der Waals surface area (Å²) in [6.45, 7) is 6.44. The summed E-state index contributed by atoms with van der Waals surface area (Å²) in [6, 6.07) is 0.234. The Morgan fingerprint density at radius 1 is 1.32 bits per heavy atom. The molecule has 0 aliphatic carbocycles. The van der Waals surface area contributed by atoms with E-state index in [0.29, 0.717) is 11.7 Å². The van der Waals surface area contributed by atoms with Gasteiger partial charge in [0.05, 0.1) is 5.75 Å². The first-order valence-corrected chi connectivity index (χ1v) is 8.25. The third-order valence-corrected chi connectivity index (χ3v) is 4.61. The van der Waals surface area contributed by atoms with Crippen molar-refractivity contribution in [3.63, 3.8) is 0 Å². The number of nitrogens with zero attached hydrogens (tertiary/aromatic N) is 2. The predicted molar refractivity (Wildman–Crippen MR) is 81.9 cm³/mol. The number of aromatic nitrogens is 2. The first-order chi connectivity index (χ1) is 9.01. The molecule has 1 amide bonds. The second-order valence-electron chi connectivity index (χ2n) is 4.85. The minimum Gasteiger partial charge on any atom is -0.363 e. The van der Waals surface area contributed by atoms with Crippen molar-refractivity contribution in [2.45, 2.75) is 44.0 Å². The molecule has 0 aromatic carbocycles. The molecule has 7 heteroatoms. The lowest BCUT2D eigenvalue weighted by molar-refractivity contribution is -0.119. The molecule has 0 saturated heterocycles. The van der Waals surface area contributed by atoms with Crippen molar-refractivity contribution in [3.8, 4) is 0 Å². The van der Waals surface area contributed by atoms with Crippen molar-refractivity contribution >= 4 is 34.1 Å². The number of hydrogen-bond acceptors (Lipinski definition) is 6. The Morgan fingerprint density at radius 2 is 2.05 bits per heavy atom. The molecule has 1 heterocycles. The van der Waals surface area contributed by atoms with E-state index in [1.54, 1.807) is 7.05 Å². The Balaban J connectivity index is 2.23. The number of hydrogen-bond donors (Lipinski definition) is 2. The summed E-state index contributed by atoms with van der Waals surface area (Å²) in [7, 11) is 1.80. The van der Waals surface area contributed by atoms with Crippen LogP contribution in [0.15, 0.2) is 4.34 Å². The molecule has 1 aromatic rings. The summed E-state index contributed by atoms with van der Waals surface area (Å²) in [4.78, 5) is 11.8. The second-order valence-corrected chi connectivity index (χ2v) is 7.05. The summed E-state index contributed by atoms with van der Waals surface area (Å²) >= 11 is 2.88. The molecule has 1 aromatic heterocycles. The van der Waals surface area contributed by atoms with Crippen LogP contribution >= 0.6 is 23.1 Å². The van der Waals surface area contributed by atoms with E-state index >= 15 is 0 Å². The van der Waals surface area contributed by atoms with Crippen LogP contribution in [0.5, 0.6) is 0 Å². The van der Waals surface area contributed by atoms with Crippen LogP contribution in [0.2, 0.25) is 0 Å². The van der Waals surface area contributed by atoms with E-state index in [2.05, 4.69) is 41.6 Å². The Kier molecular flexibility index (Phi) is 7.15. The molecular formula is C12H22N4OS2. The molecule has 0 fully saturated rings. The average Bonchev–Trinajstić information content (AvgIpc) is 2.82. The maximum absolute atomic E-state index is 11.8. The van der Waals surface area contributed by atoms with Crippen molar-refractivity contribution in [2.24, 2.45) is 5.92 Å². The van der Waals surface area contributed by atoms with Gasteiger partial charge in [0.25, 0.3) is 0 Å². The van der Waals surface area contributed by atoms with E-state index in [0.717, 1.165) is 22.3 Å². The molecule has 0 aliphatic rings. The first-order valence-electron chi connectivity index (χ1n) is 6.44. The van der Waals surface area contributed by atoms with Crippen LogP contribution in [-0.2, 0) is 4.79 Å². The van der Waals surface area contributed by atoms with Crippen molar-refractivity contribution in [2.75, 3.05) is 18.1 Å². The van der Waals surface area contributed by atoms with Crippen molar-refractivity contribution in [3.05, 3.63) is 0 Å². The van der Waals surface area contributed by atoms with Gasteiger partial charge >= 0.3 is 0 Å². The van der Waals surface area contributed by atoms with Crippen LogP contribution in [0.3, 0.4) is 0 Å². The minimum atomic E-state index is 0.0578. The molecule has 0 bridgehead atoms. The van der Waals surface area contributed by atoms with Gasteiger partial charge in [-0.2, -0.15) is 0 Å². The zero-order valence-corrected chi connectivity index (χ0v) is 13.5. The Labute approximate surface area is 123 Å². The van der Waals surface area contributed by atoms with Crippen LogP contribution < -0.4 is 10.6 Å². The number of carbonyl (C=O) groups excluding carboxylic acids is 1. The molecule has 1 atom stereocenters. The normalized spacial score (nSPS) is 12.5. The van der Waals surface area contributed by atoms with E-state index in [1.807, 2.05) is 0 Å². The molecule has 0 spiro atoms. The van der Waals surface area contributed by atoms with Crippen molar-refractivity contribution in [1.82, 2.24) is 15.5 Å². The van der Waals surface area contributed by atoms with E-state index in [1.165, 1.54) is 23.1 Å². The fraction of sp³-hybridized carbons (Fsp3) is 0.750. The van der Waals surface area contributed by atoms with Crippen molar-refractivity contribution < 1.29 is 4.79 Å². The molecule has 108 valence electrons. The number of nitrogens with one attached hydrogen (secondary N) is 2. The van der Waals surface area contributed by atoms with Gasteiger partial charge in [-0.15, -0.1) is 10.2 Å². The monoisotopic (exact) mass is 302 g/mol. The zero-order valence-electron chi connectivity index (χ0n) is 11.9. The summed E-state index contributed by atoms with van der Waals surface area (Å²) in [5, 5.41) is 14.6. The van der Waals surface area contributed by atoms with Gasteiger partial charge in [0, 0.05) is 13.1 Å². The number of anilines is 1. The maximum atomic E-state index is 11.8. The summed E-state index contributed by atoms with van der Waals surface area (Å²) in [5.41, 5.74) is 0. The molecule has 1 rings (SSSR count). The number of amides is 1. The predicted octanol–water partition coefficient (Wildman–Crippen LogP) is 2.61. The van der Waals surface area contributed by atoms with Gasteiger partial charge in [-0.1, -0.05) is 36.9 Å². The highest BCUT2D eigenvalue weighted by Crippen LogP contribution is 2.24. The van der Waals surface area contributed by atoms with Crippen LogP contribution in [-0.4, -0.2) is 34.9 Å². The van der Waals surface area contributed by atoms with Crippen LogP contribution in [0, 0.1) is 5.92 Å². The first kappa shape index (κ1) is 16.2. The Hall–Kier alpha value is -0.820. The SMILES string of the molecule is CNc1nnc(SCC(=O)NC(C)CCC(C)C)s1. The summed E-state index contributed by atoms with van der Waals surface area (Å²) in [5.74, 6) is 1.13. The lowest BCUT2D eigenvalue weighted by atomic mass is 10.0. The number of thioether (sulfide) groups is 1. The number of rotatable bonds is 8. The minimum absolute atomic E-state index is 0.0578. The lowest BCUT2D eigenvalue weighted by Crippen LogP contribution is -2.33. The standard InChI is InChI=1S/C12H22N4OS2/c1-8(2)5-6-9(3)14-10(17)7-18-12-16-15-11(13-4)19-12/h8-9H,5-7H2,1-4H3,(H,13,15)(H,14,17). The zero-order chi connectivity index (χ0) is 14.3. The highest BCUT2D eigenvalue weighted by Gasteiger charge is 2.10. The van der Waals surface area contributed by atoms with Gasteiger partial charge in [0.2, 0.25) is 11.0 Å². The lowest BCUT2D eigenvalue weighted by Gasteiger charge is -2.14. The van der Waals surface area contributed by atoms with E-state index in [-0.39, 0.29) is 11.9 Å². The molecule has 5 nitrogen and oxygen atoms in total. The fourth-order valence-electron chi connectivity index (χ4n) is 1.47. The third kappa shape index (κ3) is 6.77. The molecule has 19 heavy (non-hydrogen) atoms. The Morgan fingerprint density at radius 3 is 2.63 bits per heavy atom. The quantitative estimate of drug-likeness (QED) is 0.723. The van der Waals surface area contributed by atoms with E-state index < -0.39 is 0 Å². The number of carbonyl (C=O) groups is 1. The molecule has 0 saturated carbocycles. The average molecular weight is 302 g/mol. The van der Waals surface area contributed by atoms with Gasteiger partial charge < -0.3 is 10.6 Å². The summed E-state index contributed by atoms with van der Waals surface area (Å²) < 4.78 is 0.814. The van der Waals surface area contributed by atoms with Gasteiger partial charge in [-0.25, -0.2) is 0 Å². The van der Waals surface area contributed by atoms with Crippen molar-refractivity contribution in [1.29, 1.82) is 0 Å². The second kappa shape index (κ2) is 8.37. The van der Waals surface area contributed by atoms with E-state index in [9.17, 15) is 4.79 Å². The molecular weight excluding hydrogens is 280 g/mol. The molecule has 0 radical (unpaired) electrons. The Bertz CT molecular complexity index is 395. The smallest absolute Gasteiger partial charge is 0.230 e. The van der Waals surface area contributed by atoms with Gasteiger partial charge in [-0.05, 0) is 25.7 Å². The highest BCUT2D eigenvalue weighted by atomic mass is 32.2. The maximum Gasteiger partial charge on any atom is 0.230 e. The van der Waals surface area contributed by atoms with Crippen LogP contribution in [0.1, 0.15) is 33.6 Å². The van der Waals surface area contributed by atoms with Crippen LogP contribution in [0.25, 0.3) is 0 Å². The fourth-order valence-corrected chi connectivity index (χ4v) is 2.98. The van der Waals surface area contributed by atoms with Gasteiger partial charge in [0.15, 0.2) is 4.34 Å². The topological polar surface area (TPSA) is 66.9 Å². The largest absolute Gasteiger partial charge is 0.363 e. The molecule has 2 N–H and O–H groups in total. The molecule has 0 aliphatic heterocycles. The molecule has 1 unspecified atom stereocenters. The van der Waals surface area contributed by atoms with Crippen LogP contribution in [0.4, 0.5) is 5.13 Å². The van der Waals surface area contributed by atoms with Gasteiger partial charge in [-0.3, -0.25) is 4.79 Å². The summed E-state index contributed by atoms with van der Waals surface area (Å²) in [6.07, 6.45) is 2.16. The van der Waals surface area contributed by atoms with E-state index in [4.69, 9.17) is 0 Å². The third-order valence-electron chi connectivity index (χ3n) is 2.53. The van der Waals surface area contributed by atoms with Gasteiger partial charge in [0.1, 0.15) is 0 Å². The highest BCUT2D eigenvalue weighted by molar-refractivity contribution is 8.01.